The van der Waals surface area contributed by atoms with Crippen molar-refractivity contribution in [2.24, 2.45) is 0 Å². The van der Waals surface area contributed by atoms with Gasteiger partial charge in [0, 0.05) is 30.7 Å². The summed E-state index contributed by atoms with van der Waals surface area (Å²) in [6, 6.07) is 11.7. The first-order chi connectivity index (χ1) is 14.9. The highest BCUT2D eigenvalue weighted by atomic mass is 35.5. The number of non-ortho nitro benzene ring substituents is 1. The molecule has 3 aromatic rings. The quantitative estimate of drug-likeness (QED) is 0.182. The van der Waals surface area contributed by atoms with E-state index in [9.17, 15) is 19.7 Å². The van der Waals surface area contributed by atoms with E-state index in [0.717, 1.165) is 0 Å². The number of hydrogen-bond acceptors (Lipinski definition) is 8. The number of aryl methyl sites for hydroxylation is 1. The van der Waals surface area contributed by atoms with Crippen molar-refractivity contribution in [2.75, 3.05) is 0 Å². The molecule has 1 aliphatic rings. The molecular weight excluding hydrogens is 428 g/mol. The fraction of sp³-hybridized carbons (Fsp3) is 0.0952. The summed E-state index contributed by atoms with van der Waals surface area (Å²) < 4.78 is 15.8. The highest BCUT2D eigenvalue weighted by molar-refractivity contribution is 6.29. The molecule has 0 saturated carbocycles. The number of carbonyl (C=O) groups is 2. The summed E-state index contributed by atoms with van der Waals surface area (Å²) in [5, 5.41) is 14.5. The Balaban J connectivity index is 1.42. The van der Waals surface area contributed by atoms with Crippen molar-refractivity contribution in [1.29, 1.82) is 0 Å². The molecule has 0 N–H and O–H groups in total. The molecule has 2 aromatic carbocycles. The van der Waals surface area contributed by atoms with Gasteiger partial charge in [-0.1, -0.05) is 16.8 Å². The second kappa shape index (κ2) is 8.41. The fourth-order valence-electron chi connectivity index (χ4n) is 2.89. The van der Waals surface area contributed by atoms with E-state index >= 15 is 0 Å². The van der Waals surface area contributed by atoms with Gasteiger partial charge in [-0.05, 0) is 35.9 Å². The van der Waals surface area contributed by atoms with Gasteiger partial charge in [0.2, 0.25) is 5.78 Å². The topological polar surface area (TPSA) is 122 Å². The number of aromatic nitrogens is 1. The molecule has 10 heteroatoms. The Morgan fingerprint density at radius 1 is 1.19 bits per heavy atom. The lowest BCUT2D eigenvalue weighted by Crippen LogP contribution is -2.08. The largest absolute Gasteiger partial charge is 0.452 e. The third-order valence-corrected chi connectivity index (χ3v) is 4.56. The molecule has 9 nitrogen and oxygen atoms in total. The predicted molar refractivity (Wildman–Crippen MR) is 108 cm³/mol. The maximum atomic E-state index is 12.5. The summed E-state index contributed by atoms with van der Waals surface area (Å²) in [5.74, 6) is 0.168. The molecule has 4 rings (SSSR count). The van der Waals surface area contributed by atoms with E-state index in [0.29, 0.717) is 16.9 Å². The Bertz CT molecular complexity index is 1210. The molecule has 0 amide bonds. The monoisotopic (exact) mass is 440 g/mol. The fourth-order valence-corrected chi connectivity index (χ4v) is 3.04. The molecule has 0 bridgehead atoms. The van der Waals surface area contributed by atoms with Crippen LogP contribution in [0.15, 0.2) is 58.8 Å². The van der Waals surface area contributed by atoms with E-state index in [1.54, 1.807) is 0 Å². The van der Waals surface area contributed by atoms with Crippen LogP contribution in [-0.2, 0) is 11.2 Å². The first-order valence-electron chi connectivity index (χ1n) is 9.03. The summed E-state index contributed by atoms with van der Waals surface area (Å²) in [4.78, 5) is 34.8. The van der Waals surface area contributed by atoms with Crippen LogP contribution in [0.4, 0.5) is 5.69 Å². The number of allylic oxidation sites excluding steroid dienone is 1. The number of Topliss-reactive ketones (excluding diaryl/α,β-unsaturated/α-hetero) is 1. The molecule has 0 spiro atoms. The summed E-state index contributed by atoms with van der Waals surface area (Å²) >= 11 is 5.66. The van der Waals surface area contributed by atoms with E-state index in [-0.39, 0.29) is 46.7 Å². The number of ether oxygens (including phenoxy) is 2. The number of nitro benzene ring substituents is 1. The Hall–Kier alpha value is -3.98. The van der Waals surface area contributed by atoms with Gasteiger partial charge < -0.3 is 14.0 Å². The van der Waals surface area contributed by atoms with E-state index in [1.165, 1.54) is 54.6 Å². The average Bonchev–Trinajstić information content (AvgIpc) is 3.29. The molecule has 1 aromatic heterocycles. The third-order valence-electron chi connectivity index (χ3n) is 4.38. The highest BCUT2D eigenvalue weighted by Gasteiger charge is 2.28. The SMILES string of the molecule is O=C(CCc1cc(Cl)no1)Oc1ccc2c(c1)O/C(=C\c1ccc([N+](=O)[O-])cc1)C2=O. The van der Waals surface area contributed by atoms with Gasteiger partial charge in [-0.2, -0.15) is 0 Å². The standard InChI is InChI=1S/C21H13ClN2O7/c22-19-11-15(31-23-19)6-8-20(25)29-14-5-7-16-17(10-14)30-18(21(16)26)9-12-1-3-13(4-2-12)24(27)28/h1-5,7,9-11H,6,8H2/b18-9-. The van der Waals surface area contributed by atoms with Crippen molar-refractivity contribution in [2.45, 2.75) is 12.8 Å². The van der Waals surface area contributed by atoms with Gasteiger partial charge >= 0.3 is 5.97 Å². The zero-order valence-electron chi connectivity index (χ0n) is 15.7. The molecule has 0 atom stereocenters. The van der Waals surface area contributed by atoms with Gasteiger partial charge in [-0.15, -0.1) is 0 Å². The number of nitro groups is 1. The zero-order valence-corrected chi connectivity index (χ0v) is 16.5. The minimum atomic E-state index is -0.506. The Morgan fingerprint density at radius 2 is 1.97 bits per heavy atom. The number of rotatable bonds is 6. The van der Waals surface area contributed by atoms with Crippen LogP contribution >= 0.6 is 11.6 Å². The van der Waals surface area contributed by atoms with Gasteiger partial charge in [0.05, 0.1) is 16.9 Å². The Morgan fingerprint density at radius 3 is 2.65 bits per heavy atom. The number of ketones is 1. The van der Waals surface area contributed by atoms with Crippen molar-refractivity contribution < 1.29 is 28.5 Å². The van der Waals surface area contributed by atoms with E-state index in [1.807, 2.05) is 0 Å². The van der Waals surface area contributed by atoms with E-state index < -0.39 is 10.9 Å². The smallest absolute Gasteiger partial charge is 0.311 e. The number of carbonyl (C=O) groups excluding carboxylic acids is 2. The third kappa shape index (κ3) is 4.62. The van der Waals surface area contributed by atoms with Crippen LogP contribution in [0, 0.1) is 10.1 Å². The summed E-state index contributed by atoms with van der Waals surface area (Å²) in [5.41, 5.74) is 0.840. The number of benzene rings is 2. The summed E-state index contributed by atoms with van der Waals surface area (Å²) in [6.07, 6.45) is 1.81. The first kappa shape index (κ1) is 20.3. The van der Waals surface area contributed by atoms with Crippen molar-refractivity contribution in [3.63, 3.8) is 0 Å². The number of esters is 1. The molecule has 2 heterocycles. The van der Waals surface area contributed by atoms with Crippen LogP contribution in [-0.4, -0.2) is 21.8 Å². The predicted octanol–water partition coefficient (Wildman–Crippen LogP) is 4.39. The Kier molecular flexibility index (Phi) is 5.50. The lowest BCUT2D eigenvalue weighted by atomic mass is 10.1. The maximum absolute atomic E-state index is 12.5. The highest BCUT2D eigenvalue weighted by Crippen LogP contribution is 2.35. The molecule has 156 valence electrons. The van der Waals surface area contributed by atoms with Gasteiger partial charge in [-0.3, -0.25) is 19.7 Å². The van der Waals surface area contributed by atoms with Gasteiger partial charge in [0.25, 0.3) is 5.69 Å². The van der Waals surface area contributed by atoms with Crippen LogP contribution < -0.4 is 9.47 Å². The normalized spacial score (nSPS) is 13.7. The molecule has 1 aliphatic heterocycles. The van der Waals surface area contributed by atoms with Crippen molar-refractivity contribution in [1.82, 2.24) is 5.16 Å². The first-order valence-corrected chi connectivity index (χ1v) is 9.41. The second-order valence-electron chi connectivity index (χ2n) is 6.54. The number of halogens is 1. The van der Waals surface area contributed by atoms with Crippen molar-refractivity contribution >= 4 is 35.1 Å². The number of nitrogens with zero attached hydrogens (tertiary/aromatic N) is 2. The lowest BCUT2D eigenvalue weighted by Gasteiger charge is -2.05. The van der Waals surface area contributed by atoms with Gasteiger partial charge in [0.1, 0.15) is 17.3 Å². The van der Waals surface area contributed by atoms with Crippen LogP contribution in [0.25, 0.3) is 6.08 Å². The Labute approximate surface area is 180 Å². The number of hydrogen-bond donors (Lipinski definition) is 0. The zero-order chi connectivity index (χ0) is 22.0. The van der Waals surface area contributed by atoms with Crippen molar-refractivity contribution in [3.8, 4) is 11.5 Å². The van der Waals surface area contributed by atoms with Crippen LogP contribution in [0.2, 0.25) is 5.15 Å². The molecule has 0 radical (unpaired) electrons. The number of fused-ring (bicyclic) bond motifs is 1. The maximum Gasteiger partial charge on any atom is 0.311 e. The minimum absolute atomic E-state index is 0.0493. The lowest BCUT2D eigenvalue weighted by molar-refractivity contribution is -0.384. The molecule has 0 unspecified atom stereocenters. The van der Waals surface area contributed by atoms with Crippen LogP contribution in [0.3, 0.4) is 0 Å². The molecule has 0 saturated heterocycles. The summed E-state index contributed by atoms with van der Waals surface area (Å²) in [7, 11) is 0. The molecule has 0 aliphatic carbocycles. The molecule has 0 fully saturated rings. The van der Waals surface area contributed by atoms with Crippen molar-refractivity contribution in [3.05, 3.63) is 86.4 Å². The van der Waals surface area contributed by atoms with Crippen LogP contribution in [0.1, 0.15) is 28.1 Å². The molecular formula is C21H13ClN2O7. The van der Waals surface area contributed by atoms with Crippen LogP contribution in [0.5, 0.6) is 11.5 Å². The van der Waals surface area contributed by atoms with Gasteiger partial charge in [-0.25, -0.2) is 0 Å². The second-order valence-corrected chi connectivity index (χ2v) is 6.92. The summed E-state index contributed by atoms with van der Waals surface area (Å²) in [6.45, 7) is 0. The minimum Gasteiger partial charge on any atom is -0.452 e. The van der Waals surface area contributed by atoms with E-state index in [4.69, 9.17) is 25.6 Å². The molecule has 31 heavy (non-hydrogen) atoms. The average molecular weight is 441 g/mol. The van der Waals surface area contributed by atoms with Gasteiger partial charge in [0.15, 0.2) is 10.9 Å². The van der Waals surface area contributed by atoms with E-state index in [2.05, 4.69) is 5.16 Å².